The SMILES string of the molecule is C[S@@](=O)c1ccccc1-c1nc(-c2ccc([N+](=O)[O-])cc2)no1. The van der Waals surface area contributed by atoms with Gasteiger partial charge in [0, 0.05) is 24.0 Å². The standard InChI is InChI=1S/C15H11N3O4S/c1-23(21)13-5-3-2-4-12(13)15-16-14(17-22-15)10-6-8-11(9-7-10)18(19)20/h2-9H,1H3/t23-/m1/s1. The average Bonchev–Trinajstić information content (AvgIpc) is 3.04. The molecule has 0 saturated carbocycles. The summed E-state index contributed by atoms with van der Waals surface area (Å²) < 4.78 is 17.0. The van der Waals surface area contributed by atoms with Crippen molar-refractivity contribution in [1.82, 2.24) is 10.1 Å². The van der Waals surface area contributed by atoms with Crippen LogP contribution in [0, 0.1) is 10.1 Å². The van der Waals surface area contributed by atoms with E-state index in [1.807, 2.05) is 0 Å². The highest BCUT2D eigenvalue weighted by atomic mass is 32.2. The third-order valence-corrected chi connectivity index (χ3v) is 4.16. The summed E-state index contributed by atoms with van der Waals surface area (Å²) in [4.78, 5) is 15.1. The number of nitro groups is 1. The van der Waals surface area contributed by atoms with E-state index < -0.39 is 15.7 Å². The van der Waals surface area contributed by atoms with Gasteiger partial charge in [0.2, 0.25) is 5.82 Å². The molecule has 0 bridgehead atoms. The summed E-state index contributed by atoms with van der Waals surface area (Å²) in [6.07, 6.45) is 1.58. The zero-order valence-electron chi connectivity index (χ0n) is 12.0. The molecule has 0 saturated heterocycles. The first-order valence-electron chi connectivity index (χ1n) is 6.57. The topological polar surface area (TPSA) is 99.1 Å². The van der Waals surface area contributed by atoms with Crippen molar-refractivity contribution in [2.45, 2.75) is 4.90 Å². The molecule has 2 aromatic carbocycles. The number of hydrogen-bond acceptors (Lipinski definition) is 6. The van der Waals surface area contributed by atoms with Gasteiger partial charge >= 0.3 is 0 Å². The summed E-state index contributed by atoms with van der Waals surface area (Å²) in [5.41, 5.74) is 1.19. The van der Waals surface area contributed by atoms with E-state index in [-0.39, 0.29) is 11.6 Å². The Balaban J connectivity index is 1.98. The summed E-state index contributed by atoms with van der Waals surface area (Å²) in [6, 6.07) is 12.9. The lowest BCUT2D eigenvalue weighted by molar-refractivity contribution is -0.384. The van der Waals surface area contributed by atoms with Crippen LogP contribution in [0.25, 0.3) is 22.8 Å². The fraction of sp³-hybridized carbons (Fsp3) is 0.0667. The third-order valence-electron chi connectivity index (χ3n) is 3.19. The quantitative estimate of drug-likeness (QED) is 0.539. The zero-order valence-corrected chi connectivity index (χ0v) is 12.8. The Morgan fingerprint density at radius 1 is 1.13 bits per heavy atom. The molecule has 0 aliphatic rings. The number of benzene rings is 2. The first kappa shape index (κ1) is 15.0. The molecule has 0 aliphatic carbocycles. The molecule has 1 aromatic heterocycles. The molecular formula is C15H11N3O4S. The number of nitro benzene ring substituents is 1. The lowest BCUT2D eigenvalue weighted by Gasteiger charge is -2.01. The zero-order chi connectivity index (χ0) is 16.4. The van der Waals surface area contributed by atoms with Gasteiger partial charge in [0.1, 0.15) is 0 Å². The molecular weight excluding hydrogens is 318 g/mol. The maximum absolute atomic E-state index is 11.8. The molecule has 0 N–H and O–H groups in total. The average molecular weight is 329 g/mol. The highest BCUT2D eigenvalue weighted by molar-refractivity contribution is 7.84. The second kappa shape index (κ2) is 6.09. The van der Waals surface area contributed by atoms with Crippen LogP contribution in [0.1, 0.15) is 0 Å². The van der Waals surface area contributed by atoms with Crippen molar-refractivity contribution in [2.75, 3.05) is 6.26 Å². The van der Waals surface area contributed by atoms with Crippen molar-refractivity contribution >= 4 is 16.5 Å². The van der Waals surface area contributed by atoms with Crippen LogP contribution in [0.15, 0.2) is 57.9 Å². The molecule has 23 heavy (non-hydrogen) atoms. The first-order valence-corrected chi connectivity index (χ1v) is 8.13. The minimum atomic E-state index is -1.19. The summed E-state index contributed by atoms with van der Waals surface area (Å²) in [7, 11) is -1.19. The van der Waals surface area contributed by atoms with Gasteiger partial charge in [0.05, 0.1) is 26.2 Å². The smallest absolute Gasteiger partial charge is 0.269 e. The molecule has 0 radical (unpaired) electrons. The van der Waals surface area contributed by atoms with Crippen LogP contribution < -0.4 is 0 Å². The maximum atomic E-state index is 11.8. The molecule has 0 spiro atoms. The van der Waals surface area contributed by atoms with Crippen molar-refractivity contribution < 1.29 is 13.7 Å². The number of hydrogen-bond donors (Lipinski definition) is 0. The van der Waals surface area contributed by atoms with Gasteiger partial charge in [-0.1, -0.05) is 17.3 Å². The first-order chi connectivity index (χ1) is 11.1. The van der Waals surface area contributed by atoms with E-state index in [2.05, 4.69) is 10.1 Å². The lowest BCUT2D eigenvalue weighted by Crippen LogP contribution is -1.92. The summed E-state index contributed by atoms with van der Waals surface area (Å²) in [5, 5.41) is 14.5. The molecule has 0 amide bonds. The summed E-state index contributed by atoms with van der Waals surface area (Å²) in [5.74, 6) is 0.565. The molecule has 1 heterocycles. The third kappa shape index (κ3) is 3.02. The predicted octanol–water partition coefficient (Wildman–Crippen LogP) is 3.05. The van der Waals surface area contributed by atoms with Crippen molar-refractivity contribution in [1.29, 1.82) is 0 Å². The fourth-order valence-corrected chi connectivity index (χ4v) is 2.81. The molecule has 3 aromatic rings. The van der Waals surface area contributed by atoms with E-state index in [9.17, 15) is 14.3 Å². The van der Waals surface area contributed by atoms with Crippen LogP contribution in [0.3, 0.4) is 0 Å². The van der Waals surface area contributed by atoms with Gasteiger partial charge in [0.15, 0.2) is 0 Å². The minimum Gasteiger partial charge on any atom is -0.334 e. The van der Waals surface area contributed by atoms with Crippen LogP contribution in [-0.4, -0.2) is 25.5 Å². The van der Waals surface area contributed by atoms with E-state index in [4.69, 9.17) is 4.52 Å². The highest BCUT2D eigenvalue weighted by Crippen LogP contribution is 2.27. The normalized spacial score (nSPS) is 12.0. The van der Waals surface area contributed by atoms with Crippen LogP contribution in [0.4, 0.5) is 5.69 Å². The van der Waals surface area contributed by atoms with Crippen LogP contribution in [0.2, 0.25) is 0 Å². The number of non-ortho nitro benzene ring substituents is 1. The number of nitrogens with zero attached hydrogens (tertiary/aromatic N) is 3. The molecule has 0 aliphatic heterocycles. The van der Waals surface area contributed by atoms with E-state index >= 15 is 0 Å². The van der Waals surface area contributed by atoms with Gasteiger partial charge in [0.25, 0.3) is 11.6 Å². The van der Waals surface area contributed by atoms with E-state index in [0.717, 1.165) is 0 Å². The van der Waals surface area contributed by atoms with Crippen molar-refractivity contribution in [2.24, 2.45) is 0 Å². The van der Waals surface area contributed by atoms with Crippen LogP contribution in [-0.2, 0) is 10.8 Å². The maximum Gasteiger partial charge on any atom is 0.269 e. The van der Waals surface area contributed by atoms with Gasteiger partial charge in [-0.3, -0.25) is 14.3 Å². The Hall–Kier alpha value is -2.87. The number of rotatable bonds is 4. The Bertz CT molecular complexity index is 890. The van der Waals surface area contributed by atoms with Gasteiger partial charge < -0.3 is 4.52 Å². The van der Waals surface area contributed by atoms with Crippen molar-refractivity contribution in [3.05, 3.63) is 58.6 Å². The largest absolute Gasteiger partial charge is 0.334 e. The van der Waals surface area contributed by atoms with Gasteiger partial charge in [-0.15, -0.1) is 0 Å². The van der Waals surface area contributed by atoms with Gasteiger partial charge in [-0.25, -0.2) is 0 Å². The number of aromatic nitrogens is 2. The minimum absolute atomic E-state index is 0.0100. The Labute approximate surface area is 133 Å². The molecule has 0 unspecified atom stereocenters. The fourth-order valence-electron chi connectivity index (χ4n) is 2.08. The van der Waals surface area contributed by atoms with Gasteiger partial charge in [-0.2, -0.15) is 4.98 Å². The van der Waals surface area contributed by atoms with E-state index in [1.54, 1.807) is 42.7 Å². The van der Waals surface area contributed by atoms with Crippen molar-refractivity contribution in [3.8, 4) is 22.8 Å². The molecule has 7 nitrogen and oxygen atoms in total. The van der Waals surface area contributed by atoms with Gasteiger partial charge in [-0.05, 0) is 24.3 Å². The predicted molar refractivity (Wildman–Crippen MR) is 84.2 cm³/mol. The summed E-state index contributed by atoms with van der Waals surface area (Å²) >= 11 is 0. The second-order valence-electron chi connectivity index (χ2n) is 4.68. The highest BCUT2D eigenvalue weighted by Gasteiger charge is 2.16. The Morgan fingerprint density at radius 3 is 2.48 bits per heavy atom. The molecule has 0 fully saturated rings. The Kier molecular flexibility index (Phi) is 3.98. The molecule has 1 atom stereocenters. The van der Waals surface area contributed by atoms with Crippen molar-refractivity contribution in [3.63, 3.8) is 0 Å². The van der Waals surface area contributed by atoms with Crippen LogP contribution >= 0.6 is 0 Å². The van der Waals surface area contributed by atoms with E-state index in [0.29, 0.717) is 21.8 Å². The van der Waals surface area contributed by atoms with E-state index in [1.165, 1.54) is 12.1 Å². The summed E-state index contributed by atoms with van der Waals surface area (Å²) in [6.45, 7) is 0. The molecule has 8 heteroatoms. The Morgan fingerprint density at radius 2 is 1.83 bits per heavy atom. The lowest BCUT2D eigenvalue weighted by atomic mass is 10.2. The second-order valence-corrected chi connectivity index (χ2v) is 6.03. The van der Waals surface area contributed by atoms with Crippen LogP contribution in [0.5, 0.6) is 0 Å². The monoisotopic (exact) mass is 329 g/mol. The molecule has 116 valence electrons. The molecule has 3 rings (SSSR count).